The fourth-order valence-electron chi connectivity index (χ4n) is 1.71. The second kappa shape index (κ2) is 2.98. The Kier molecular flexibility index (Phi) is 2.28. The largest absolute Gasteiger partial charge is 0.511 e. The van der Waals surface area contributed by atoms with Crippen molar-refractivity contribution in [3.05, 3.63) is 11.3 Å². The topological polar surface area (TPSA) is 61.1 Å². The van der Waals surface area contributed by atoms with Crippen LogP contribution in [0.15, 0.2) is 11.3 Å². The van der Waals surface area contributed by atoms with Crippen LogP contribution in [0.2, 0.25) is 0 Å². The lowest BCUT2D eigenvalue weighted by molar-refractivity contribution is -0.117. The number of ketones is 1. The molecule has 0 aromatic carbocycles. The molecular formula is C10H15NO2. The SMILES string of the molecule is CC(=N)C1=C(O)CC(C)(C)CC1=O. The van der Waals surface area contributed by atoms with E-state index in [0.29, 0.717) is 12.8 Å². The number of hydrogen-bond acceptors (Lipinski definition) is 3. The van der Waals surface area contributed by atoms with Crippen LogP contribution >= 0.6 is 0 Å². The Balaban J connectivity index is 3.09. The second-order valence-electron chi connectivity index (χ2n) is 4.39. The van der Waals surface area contributed by atoms with Crippen molar-refractivity contribution in [3.63, 3.8) is 0 Å². The van der Waals surface area contributed by atoms with Crippen LogP contribution in [-0.2, 0) is 4.79 Å². The first kappa shape index (κ1) is 9.96. The third-order valence-corrected chi connectivity index (χ3v) is 2.23. The fourth-order valence-corrected chi connectivity index (χ4v) is 1.71. The zero-order valence-corrected chi connectivity index (χ0v) is 8.27. The highest BCUT2D eigenvalue weighted by molar-refractivity contribution is 6.21. The molecule has 0 saturated heterocycles. The number of Topliss-reactive ketones (excluding diaryl/α,β-unsaturated/α-hetero) is 1. The Hall–Kier alpha value is -1.12. The van der Waals surface area contributed by atoms with Crippen molar-refractivity contribution < 1.29 is 9.90 Å². The fraction of sp³-hybridized carbons (Fsp3) is 0.600. The van der Waals surface area contributed by atoms with E-state index in [1.807, 2.05) is 13.8 Å². The van der Waals surface area contributed by atoms with Crippen LogP contribution in [0.4, 0.5) is 0 Å². The molecule has 1 aliphatic carbocycles. The minimum absolute atomic E-state index is 0.0775. The van der Waals surface area contributed by atoms with Crippen molar-refractivity contribution in [3.8, 4) is 0 Å². The van der Waals surface area contributed by atoms with Crippen LogP contribution < -0.4 is 0 Å². The summed E-state index contributed by atoms with van der Waals surface area (Å²) in [7, 11) is 0. The summed E-state index contributed by atoms with van der Waals surface area (Å²) in [5.74, 6) is -0.0324. The highest BCUT2D eigenvalue weighted by Crippen LogP contribution is 2.35. The van der Waals surface area contributed by atoms with Gasteiger partial charge in [0.15, 0.2) is 5.78 Å². The Bertz CT molecular complexity index is 300. The van der Waals surface area contributed by atoms with Gasteiger partial charge in [0.05, 0.1) is 5.57 Å². The van der Waals surface area contributed by atoms with E-state index >= 15 is 0 Å². The van der Waals surface area contributed by atoms with Crippen molar-refractivity contribution in [1.82, 2.24) is 0 Å². The van der Waals surface area contributed by atoms with Crippen molar-refractivity contribution >= 4 is 11.5 Å². The molecule has 0 saturated carbocycles. The van der Waals surface area contributed by atoms with E-state index in [1.165, 1.54) is 6.92 Å². The number of nitrogens with one attached hydrogen (secondary N) is 1. The van der Waals surface area contributed by atoms with Gasteiger partial charge >= 0.3 is 0 Å². The molecule has 1 aliphatic rings. The molecule has 0 bridgehead atoms. The second-order valence-corrected chi connectivity index (χ2v) is 4.39. The monoisotopic (exact) mass is 181 g/mol. The molecule has 0 aliphatic heterocycles. The van der Waals surface area contributed by atoms with E-state index in [-0.39, 0.29) is 28.2 Å². The van der Waals surface area contributed by atoms with Crippen molar-refractivity contribution in [2.75, 3.05) is 0 Å². The number of hydrogen-bond donors (Lipinski definition) is 2. The highest BCUT2D eigenvalue weighted by Gasteiger charge is 2.33. The highest BCUT2D eigenvalue weighted by atomic mass is 16.3. The van der Waals surface area contributed by atoms with Crippen LogP contribution in [0.25, 0.3) is 0 Å². The summed E-state index contributed by atoms with van der Waals surface area (Å²) < 4.78 is 0. The normalized spacial score (nSPS) is 21.9. The molecular weight excluding hydrogens is 166 g/mol. The van der Waals surface area contributed by atoms with Crippen LogP contribution in [0, 0.1) is 10.8 Å². The van der Waals surface area contributed by atoms with Gasteiger partial charge in [-0.15, -0.1) is 0 Å². The van der Waals surface area contributed by atoms with Crippen molar-refractivity contribution in [2.45, 2.75) is 33.6 Å². The molecule has 0 aromatic heterocycles. The summed E-state index contributed by atoms with van der Waals surface area (Å²) in [6.45, 7) is 5.41. The van der Waals surface area contributed by atoms with Crippen molar-refractivity contribution in [1.29, 1.82) is 5.41 Å². The average molecular weight is 181 g/mol. The van der Waals surface area contributed by atoms with Crippen LogP contribution in [0.1, 0.15) is 33.6 Å². The van der Waals surface area contributed by atoms with E-state index in [4.69, 9.17) is 5.41 Å². The van der Waals surface area contributed by atoms with Gasteiger partial charge in [0.25, 0.3) is 0 Å². The number of rotatable bonds is 1. The Morgan fingerprint density at radius 3 is 2.38 bits per heavy atom. The number of carbonyl (C=O) groups excluding carboxylic acids is 1. The quantitative estimate of drug-likeness (QED) is 0.609. The zero-order valence-electron chi connectivity index (χ0n) is 8.27. The third-order valence-electron chi connectivity index (χ3n) is 2.23. The summed E-state index contributed by atoms with van der Waals surface area (Å²) in [5, 5.41) is 16.9. The van der Waals surface area contributed by atoms with Gasteiger partial charge in [0, 0.05) is 18.6 Å². The van der Waals surface area contributed by atoms with E-state index in [9.17, 15) is 9.90 Å². The summed E-state index contributed by atoms with van der Waals surface area (Å²) in [5.41, 5.74) is 0.220. The maximum Gasteiger partial charge on any atom is 0.168 e. The van der Waals surface area contributed by atoms with Gasteiger partial charge in [0.1, 0.15) is 5.76 Å². The van der Waals surface area contributed by atoms with E-state index in [1.54, 1.807) is 0 Å². The molecule has 0 fully saturated rings. The molecule has 2 N–H and O–H groups in total. The number of allylic oxidation sites excluding steroid dienone is 2. The Morgan fingerprint density at radius 2 is 2.00 bits per heavy atom. The molecule has 0 heterocycles. The van der Waals surface area contributed by atoms with Gasteiger partial charge < -0.3 is 10.5 Å². The van der Waals surface area contributed by atoms with Gasteiger partial charge in [-0.2, -0.15) is 0 Å². The molecule has 0 atom stereocenters. The molecule has 0 aromatic rings. The average Bonchev–Trinajstić information content (AvgIpc) is 1.78. The van der Waals surface area contributed by atoms with Gasteiger partial charge in [-0.25, -0.2) is 0 Å². The maximum atomic E-state index is 11.5. The molecule has 13 heavy (non-hydrogen) atoms. The lowest BCUT2D eigenvalue weighted by atomic mass is 9.76. The lowest BCUT2D eigenvalue weighted by Crippen LogP contribution is -2.28. The standard InChI is InChI=1S/C10H15NO2/c1-6(11)9-7(12)4-10(2,3)5-8(9)13/h11-12H,4-5H2,1-3H3. The van der Waals surface area contributed by atoms with Crippen molar-refractivity contribution in [2.24, 2.45) is 5.41 Å². The summed E-state index contributed by atoms with van der Waals surface area (Å²) in [6.07, 6.45) is 0.910. The predicted octanol–water partition coefficient (Wildman–Crippen LogP) is 2.23. The van der Waals surface area contributed by atoms with Gasteiger partial charge in [-0.3, -0.25) is 4.79 Å². The van der Waals surface area contributed by atoms with E-state index in [0.717, 1.165) is 0 Å². The first-order chi connectivity index (χ1) is 5.83. The summed E-state index contributed by atoms with van der Waals surface area (Å²) in [4.78, 5) is 11.5. The van der Waals surface area contributed by atoms with Gasteiger partial charge in [-0.1, -0.05) is 13.8 Å². The number of aliphatic hydroxyl groups excluding tert-OH is 1. The predicted molar refractivity (Wildman–Crippen MR) is 51.1 cm³/mol. The molecule has 0 unspecified atom stereocenters. The molecule has 0 spiro atoms. The van der Waals surface area contributed by atoms with Crippen LogP contribution in [-0.4, -0.2) is 16.6 Å². The summed E-state index contributed by atoms with van der Waals surface area (Å²) in [6, 6.07) is 0. The van der Waals surface area contributed by atoms with Crippen LogP contribution in [0.3, 0.4) is 0 Å². The summed E-state index contributed by atoms with van der Waals surface area (Å²) >= 11 is 0. The molecule has 3 nitrogen and oxygen atoms in total. The zero-order chi connectivity index (χ0) is 10.2. The molecule has 0 radical (unpaired) electrons. The molecule has 72 valence electrons. The van der Waals surface area contributed by atoms with Gasteiger partial charge in [-0.05, 0) is 12.3 Å². The first-order valence-corrected chi connectivity index (χ1v) is 4.34. The smallest absolute Gasteiger partial charge is 0.168 e. The maximum absolute atomic E-state index is 11.5. The Labute approximate surface area is 78.0 Å². The number of aliphatic hydroxyl groups is 1. The first-order valence-electron chi connectivity index (χ1n) is 4.34. The minimum Gasteiger partial charge on any atom is -0.511 e. The molecule has 3 heteroatoms. The molecule has 1 rings (SSSR count). The molecule has 0 amide bonds. The number of carbonyl (C=O) groups is 1. The Morgan fingerprint density at radius 1 is 1.46 bits per heavy atom. The van der Waals surface area contributed by atoms with E-state index in [2.05, 4.69) is 0 Å². The van der Waals surface area contributed by atoms with Crippen LogP contribution in [0.5, 0.6) is 0 Å². The van der Waals surface area contributed by atoms with Gasteiger partial charge in [0.2, 0.25) is 0 Å². The minimum atomic E-state index is -0.167. The van der Waals surface area contributed by atoms with E-state index < -0.39 is 0 Å². The third kappa shape index (κ3) is 1.97. The lowest BCUT2D eigenvalue weighted by Gasteiger charge is -2.29.